The first-order valence-electron chi connectivity index (χ1n) is 6.03. The van der Waals surface area contributed by atoms with Crippen molar-refractivity contribution in [3.05, 3.63) is 34.1 Å². The molecule has 7 nitrogen and oxygen atoms in total. The molecule has 102 valence electrons. The molecule has 0 bridgehead atoms. The number of nitrogens with zero attached hydrogens (tertiary/aromatic N) is 6. The fourth-order valence-electron chi connectivity index (χ4n) is 1.96. The van der Waals surface area contributed by atoms with Crippen LogP contribution in [0.5, 0.6) is 0 Å². The maximum Gasteiger partial charge on any atom is 0.266 e. The summed E-state index contributed by atoms with van der Waals surface area (Å²) < 4.78 is 3.11. The molecule has 0 unspecified atom stereocenters. The Bertz CT molecular complexity index is 853. The molecule has 3 heterocycles. The minimum absolute atomic E-state index is 0.123. The van der Waals surface area contributed by atoms with E-state index in [-0.39, 0.29) is 10.8 Å². The number of fused-ring (bicyclic) bond motifs is 1. The monoisotopic (exact) mass is 290 g/mol. The van der Waals surface area contributed by atoms with Gasteiger partial charge in [0, 0.05) is 19.7 Å². The van der Waals surface area contributed by atoms with Crippen molar-refractivity contribution in [3.63, 3.8) is 0 Å². The molecule has 0 aliphatic heterocycles. The summed E-state index contributed by atoms with van der Waals surface area (Å²) in [6, 6.07) is 3.03. The van der Waals surface area contributed by atoms with Gasteiger partial charge in [-0.25, -0.2) is 14.6 Å². The lowest BCUT2D eigenvalue weighted by Gasteiger charge is -2.04. The molecule has 0 amide bonds. The van der Waals surface area contributed by atoms with Gasteiger partial charge >= 0.3 is 0 Å². The number of aryl methyl sites for hydroxylation is 2. The third kappa shape index (κ3) is 1.96. The molecule has 20 heavy (non-hydrogen) atoms. The second kappa shape index (κ2) is 4.68. The van der Waals surface area contributed by atoms with Crippen LogP contribution in [-0.2, 0) is 13.6 Å². The van der Waals surface area contributed by atoms with Crippen LogP contribution in [0.1, 0.15) is 6.92 Å². The summed E-state index contributed by atoms with van der Waals surface area (Å²) in [7, 11) is 1.58. The van der Waals surface area contributed by atoms with Gasteiger partial charge in [-0.3, -0.25) is 4.79 Å². The predicted molar refractivity (Wildman–Crippen MR) is 74.5 cm³/mol. The molecule has 0 saturated heterocycles. The predicted octanol–water partition coefficient (Wildman–Crippen LogP) is 1.26. The maximum atomic E-state index is 11.4. The van der Waals surface area contributed by atoms with Crippen LogP contribution in [0.15, 0.2) is 23.3 Å². The van der Waals surface area contributed by atoms with Crippen LogP contribution in [0.3, 0.4) is 0 Å². The van der Waals surface area contributed by atoms with Crippen molar-refractivity contribution in [1.29, 1.82) is 0 Å². The lowest BCUT2D eigenvalue weighted by atomic mass is 10.2. The Labute approximate surface area is 118 Å². The van der Waals surface area contributed by atoms with Gasteiger partial charge in [-0.15, -0.1) is 0 Å². The normalized spacial score (nSPS) is 11.2. The van der Waals surface area contributed by atoms with Gasteiger partial charge in [0.15, 0.2) is 5.65 Å². The average Bonchev–Trinajstić information content (AvgIpc) is 2.83. The Morgan fingerprint density at radius 3 is 2.80 bits per heavy atom. The Kier molecular flexibility index (Phi) is 2.98. The highest BCUT2D eigenvalue weighted by Crippen LogP contribution is 2.24. The van der Waals surface area contributed by atoms with Gasteiger partial charge in [-0.1, -0.05) is 0 Å². The molecule has 0 N–H and O–H groups in total. The van der Waals surface area contributed by atoms with Crippen LogP contribution in [0.25, 0.3) is 22.6 Å². The zero-order valence-corrected chi connectivity index (χ0v) is 11.7. The molecule has 0 aliphatic rings. The van der Waals surface area contributed by atoms with Gasteiger partial charge in [-0.2, -0.15) is 10.1 Å². The standard InChI is InChI=1S/C12H11ClN6O/c1-3-19-6-14-10-9(15-12(13)16-11(10)19)7-4-5-8(20)18(2)17-7/h4-6H,3H2,1-2H3. The molecule has 0 radical (unpaired) electrons. The van der Waals surface area contributed by atoms with Crippen molar-refractivity contribution < 1.29 is 0 Å². The van der Waals surface area contributed by atoms with E-state index in [1.54, 1.807) is 19.4 Å². The van der Waals surface area contributed by atoms with E-state index in [0.29, 0.717) is 22.6 Å². The molecule has 3 rings (SSSR count). The summed E-state index contributed by atoms with van der Waals surface area (Å²) in [6.07, 6.45) is 1.68. The fraction of sp³-hybridized carbons (Fsp3) is 0.250. The molecule has 3 aromatic rings. The molecule has 3 aromatic heterocycles. The van der Waals surface area contributed by atoms with Gasteiger partial charge in [0.05, 0.1) is 6.33 Å². The topological polar surface area (TPSA) is 78.5 Å². The summed E-state index contributed by atoms with van der Waals surface area (Å²) in [6.45, 7) is 2.71. The zero-order chi connectivity index (χ0) is 14.3. The van der Waals surface area contributed by atoms with Crippen LogP contribution in [-0.4, -0.2) is 29.3 Å². The van der Waals surface area contributed by atoms with E-state index in [0.717, 1.165) is 6.54 Å². The highest BCUT2D eigenvalue weighted by atomic mass is 35.5. The highest BCUT2D eigenvalue weighted by Gasteiger charge is 2.15. The van der Waals surface area contributed by atoms with Gasteiger partial charge in [-0.05, 0) is 24.6 Å². The average molecular weight is 291 g/mol. The number of hydrogen-bond donors (Lipinski definition) is 0. The third-order valence-corrected chi connectivity index (χ3v) is 3.15. The molecule has 0 aliphatic carbocycles. The summed E-state index contributed by atoms with van der Waals surface area (Å²) in [5.41, 5.74) is 2.12. The van der Waals surface area contributed by atoms with E-state index in [2.05, 4.69) is 20.1 Å². The maximum absolute atomic E-state index is 11.4. The molecule has 0 fully saturated rings. The second-order valence-corrected chi connectivity index (χ2v) is 4.56. The quantitative estimate of drug-likeness (QED) is 0.664. The Morgan fingerprint density at radius 1 is 1.30 bits per heavy atom. The van der Waals surface area contributed by atoms with E-state index < -0.39 is 0 Å². The second-order valence-electron chi connectivity index (χ2n) is 4.22. The molecule has 8 heteroatoms. The first-order valence-corrected chi connectivity index (χ1v) is 6.41. The van der Waals surface area contributed by atoms with Crippen molar-refractivity contribution in [1.82, 2.24) is 29.3 Å². The number of hydrogen-bond acceptors (Lipinski definition) is 5. The number of imidazole rings is 1. The lowest BCUT2D eigenvalue weighted by molar-refractivity contribution is 0.711. The summed E-state index contributed by atoms with van der Waals surface area (Å²) in [4.78, 5) is 24.1. The van der Waals surface area contributed by atoms with Crippen LogP contribution in [0.4, 0.5) is 0 Å². The smallest absolute Gasteiger partial charge is 0.266 e. The summed E-state index contributed by atoms with van der Waals surface area (Å²) in [5, 5.41) is 4.30. The van der Waals surface area contributed by atoms with E-state index in [1.807, 2.05) is 11.5 Å². The largest absolute Gasteiger partial charge is 0.315 e. The fourth-order valence-corrected chi connectivity index (χ4v) is 2.12. The van der Waals surface area contributed by atoms with Gasteiger partial charge in [0.1, 0.15) is 16.9 Å². The van der Waals surface area contributed by atoms with Crippen LogP contribution in [0.2, 0.25) is 5.28 Å². The molecule has 0 saturated carbocycles. The van der Waals surface area contributed by atoms with E-state index in [4.69, 9.17) is 11.6 Å². The van der Waals surface area contributed by atoms with Crippen LogP contribution < -0.4 is 5.56 Å². The van der Waals surface area contributed by atoms with Gasteiger partial charge in [0.25, 0.3) is 5.56 Å². The van der Waals surface area contributed by atoms with Crippen molar-refractivity contribution in [2.75, 3.05) is 0 Å². The van der Waals surface area contributed by atoms with Gasteiger partial charge in [0.2, 0.25) is 5.28 Å². The highest BCUT2D eigenvalue weighted by molar-refractivity contribution is 6.28. The van der Waals surface area contributed by atoms with Crippen molar-refractivity contribution >= 4 is 22.8 Å². The van der Waals surface area contributed by atoms with Crippen molar-refractivity contribution in [2.24, 2.45) is 7.05 Å². The minimum atomic E-state index is -0.191. The van der Waals surface area contributed by atoms with Crippen LogP contribution >= 0.6 is 11.6 Å². The van der Waals surface area contributed by atoms with E-state index in [9.17, 15) is 4.79 Å². The molecule has 0 atom stereocenters. The molecular formula is C12H11ClN6O. The van der Waals surface area contributed by atoms with E-state index in [1.165, 1.54) is 10.7 Å². The molecule has 0 aromatic carbocycles. The Hall–Kier alpha value is -2.28. The minimum Gasteiger partial charge on any atom is -0.315 e. The van der Waals surface area contributed by atoms with Crippen molar-refractivity contribution in [3.8, 4) is 11.4 Å². The lowest BCUT2D eigenvalue weighted by Crippen LogP contribution is -2.18. The molecule has 0 spiro atoms. The first kappa shape index (κ1) is 12.7. The Morgan fingerprint density at radius 2 is 2.10 bits per heavy atom. The number of halogens is 1. The zero-order valence-electron chi connectivity index (χ0n) is 10.9. The molecular weight excluding hydrogens is 280 g/mol. The van der Waals surface area contributed by atoms with Crippen molar-refractivity contribution in [2.45, 2.75) is 13.5 Å². The first-order chi connectivity index (χ1) is 9.60. The summed E-state index contributed by atoms with van der Waals surface area (Å²) >= 11 is 5.97. The van der Waals surface area contributed by atoms with Crippen LogP contribution in [0, 0.1) is 0 Å². The van der Waals surface area contributed by atoms with Gasteiger partial charge < -0.3 is 4.57 Å². The Balaban J connectivity index is 2.32. The third-order valence-electron chi connectivity index (χ3n) is 2.98. The SMILES string of the molecule is CCn1cnc2c(-c3ccc(=O)n(C)n3)nc(Cl)nc21. The summed E-state index contributed by atoms with van der Waals surface area (Å²) in [5.74, 6) is 0. The number of aromatic nitrogens is 6. The number of rotatable bonds is 2. The van der Waals surface area contributed by atoms with E-state index >= 15 is 0 Å².